The molecule has 94 valence electrons. The van der Waals surface area contributed by atoms with Crippen LogP contribution in [0.5, 0.6) is 0 Å². The average Bonchev–Trinajstić information content (AvgIpc) is 2.29. The van der Waals surface area contributed by atoms with E-state index in [1.54, 1.807) is 6.07 Å². The lowest BCUT2D eigenvalue weighted by Gasteiger charge is -2.23. The monoisotopic (exact) mass is 245 g/mol. The van der Waals surface area contributed by atoms with Crippen LogP contribution < -0.4 is 10.3 Å². The number of hydrogen-bond donors (Lipinski definition) is 1. The number of H-pyrrole nitrogens is 1. The van der Waals surface area contributed by atoms with Crippen LogP contribution in [0, 0.1) is 0 Å². The summed E-state index contributed by atoms with van der Waals surface area (Å²) in [7, 11) is 0. The molecule has 0 unspecified atom stereocenters. The minimum atomic E-state index is -4.32. The van der Waals surface area contributed by atoms with Gasteiger partial charge in [0.05, 0.1) is 0 Å². The summed E-state index contributed by atoms with van der Waals surface area (Å²) >= 11 is 0. The summed E-state index contributed by atoms with van der Waals surface area (Å²) in [6.45, 7) is 0. The van der Waals surface area contributed by atoms with E-state index < -0.39 is 11.9 Å². The number of aromatic amines is 1. The van der Waals surface area contributed by atoms with E-state index in [4.69, 9.17) is 0 Å². The lowest BCUT2D eigenvalue weighted by atomic mass is 9.95. The predicted octanol–water partition coefficient (Wildman–Crippen LogP) is 3.26. The summed E-state index contributed by atoms with van der Waals surface area (Å²) < 4.78 is 37.5. The Morgan fingerprint density at radius 3 is 2.53 bits per heavy atom. The van der Waals surface area contributed by atoms with E-state index in [0.717, 1.165) is 31.7 Å². The predicted molar refractivity (Wildman–Crippen MR) is 58.5 cm³/mol. The normalized spacial score (nSPS) is 18.1. The van der Waals surface area contributed by atoms with Crippen molar-refractivity contribution in [2.75, 3.05) is 5.32 Å². The molecule has 0 aliphatic heterocycles. The summed E-state index contributed by atoms with van der Waals surface area (Å²) in [5, 5.41) is 3.17. The molecular weight excluding hydrogens is 229 g/mol. The van der Waals surface area contributed by atoms with Crippen LogP contribution in [0.25, 0.3) is 0 Å². The van der Waals surface area contributed by atoms with E-state index in [1.165, 1.54) is 12.6 Å². The Bertz CT molecular complexity index is 370. The lowest BCUT2D eigenvalue weighted by molar-refractivity contribution is -0.425. The van der Waals surface area contributed by atoms with Crippen LogP contribution in [0.15, 0.2) is 18.3 Å². The molecule has 0 radical (unpaired) electrons. The Kier molecular flexibility index (Phi) is 3.54. The molecule has 1 aliphatic carbocycles. The molecule has 5 heteroatoms. The zero-order chi connectivity index (χ0) is 12.3. The molecule has 17 heavy (non-hydrogen) atoms. The lowest BCUT2D eigenvalue weighted by Crippen LogP contribution is -2.25. The van der Waals surface area contributed by atoms with Crippen LogP contribution in [0.4, 0.5) is 18.9 Å². The molecular formula is C12H16F3N2+. The minimum absolute atomic E-state index is 0.312. The maximum Gasteiger partial charge on any atom is 0.477 e. The number of pyridine rings is 1. The van der Waals surface area contributed by atoms with Gasteiger partial charge in [-0.1, -0.05) is 19.3 Å². The van der Waals surface area contributed by atoms with Crippen LogP contribution in [-0.2, 0) is 6.18 Å². The molecule has 1 saturated carbocycles. The smallest absolute Gasteiger partial charge is 0.382 e. The SMILES string of the molecule is FC(F)(F)c1cc(NC2CCCCC2)cc[nH+]1. The number of aromatic nitrogens is 1. The third kappa shape index (κ3) is 3.35. The van der Waals surface area contributed by atoms with Gasteiger partial charge in [0.1, 0.15) is 0 Å². The number of halogens is 3. The Morgan fingerprint density at radius 2 is 1.88 bits per heavy atom. The van der Waals surface area contributed by atoms with E-state index in [-0.39, 0.29) is 0 Å². The van der Waals surface area contributed by atoms with E-state index in [1.807, 2.05) is 0 Å². The van der Waals surface area contributed by atoms with E-state index in [9.17, 15) is 13.2 Å². The van der Waals surface area contributed by atoms with Crippen molar-refractivity contribution in [1.82, 2.24) is 0 Å². The molecule has 1 heterocycles. The third-order valence-corrected chi connectivity index (χ3v) is 3.08. The number of rotatable bonds is 2. The first-order valence-corrected chi connectivity index (χ1v) is 5.91. The van der Waals surface area contributed by atoms with Crippen LogP contribution in [-0.4, -0.2) is 6.04 Å². The molecule has 0 amide bonds. The molecule has 0 aromatic carbocycles. The minimum Gasteiger partial charge on any atom is -0.382 e. The quantitative estimate of drug-likeness (QED) is 0.850. The van der Waals surface area contributed by atoms with Crippen molar-refractivity contribution in [3.05, 3.63) is 24.0 Å². The summed E-state index contributed by atoms with van der Waals surface area (Å²) in [6, 6.07) is 3.09. The van der Waals surface area contributed by atoms with E-state index in [0.29, 0.717) is 11.7 Å². The fourth-order valence-corrected chi connectivity index (χ4v) is 2.20. The molecule has 0 atom stereocenters. The van der Waals surface area contributed by atoms with Gasteiger partial charge in [0.25, 0.3) is 5.69 Å². The Hall–Kier alpha value is -1.26. The first-order valence-electron chi connectivity index (χ1n) is 5.91. The molecule has 0 bridgehead atoms. The van der Waals surface area contributed by atoms with Crippen molar-refractivity contribution in [1.29, 1.82) is 0 Å². The molecule has 1 fully saturated rings. The van der Waals surface area contributed by atoms with Crippen molar-refractivity contribution in [3.8, 4) is 0 Å². The Balaban J connectivity index is 2.05. The van der Waals surface area contributed by atoms with Crippen LogP contribution in [0.3, 0.4) is 0 Å². The zero-order valence-electron chi connectivity index (χ0n) is 9.48. The van der Waals surface area contributed by atoms with Gasteiger partial charge in [-0.3, -0.25) is 0 Å². The molecule has 1 aromatic heterocycles. The van der Waals surface area contributed by atoms with Crippen molar-refractivity contribution in [2.45, 2.75) is 44.3 Å². The summed E-state index contributed by atoms with van der Waals surface area (Å²) in [5.74, 6) is 0. The van der Waals surface area contributed by atoms with Crippen LogP contribution in [0.1, 0.15) is 37.8 Å². The van der Waals surface area contributed by atoms with Gasteiger partial charge < -0.3 is 5.32 Å². The van der Waals surface area contributed by atoms with Crippen molar-refractivity contribution in [2.24, 2.45) is 0 Å². The van der Waals surface area contributed by atoms with Gasteiger partial charge in [-0.2, -0.15) is 13.2 Å². The maximum absolute atomic E-state index is 12.5. The molecule has 1 aliphatic rings. The highest BCUT2D eigenvalue weighted by Gasteiger charge is 2.38. The summed E-state index contributed by atoms with van der Waals surface area (Å²) in [5.41, 5.74) is -0.165. The van der Waals surface area contributed by atoms with Crippen molar-refractivity contribution in [3.63, 3.8) is 0 Å². The van der Waals surface area contributed by atoms with Crippen molar-refractivity contribution < 1.29 is 18.2 Å². The second-order valence-corrected chi connectivity index (χ2v) is 4.47. The fourth-order valence-electron chi connectivity index (χ4n) is 2.20. The Labute approximate surface area is 98.2 Å². The van der Waals surface area contributed by atoms with Gasteiger partial charge in [-0.15, -0.1) is 0 Å². The van der Waals surface area contributed by atoms with E-state index in [2.05, 4.69) is 10.3 Å². The topological polar surface area (TPSA) is 26.2 Å². The number of anilines is 1. The van der Waals surface area contributed by atoms with Gasteiger partial charge in [0, 0.05) is 23.9 Å². The second kappa shape index (κ2) is 4.94. The Morgan fingerprint density at radius 1 is 1.18 bits per heavy atom. The number of hydrogen-bond acceptors (Lipinski definition) is 1. The summed E-state index contributed by atoms with van der Waals surface area (Å²) in [6.07, 6.45) is 2.64. The highest BCUT2D eigenvalue weighted by atomic mass is 19.4. The molecule has 2 nitrogen and oxygen atoms in total. The van der Waals surface area contributed by atoms with Gasteiger partial charge in [-0.05, 0) is 12.8 Å². The molecule has 1 aromatic rings. The van der Waals surface area contributed by atoms with Gasteiger partial charge >= 0.3 is 6.18 Å². The number of nitrogens with one attached hydrogen (secondary N) is 2. The summed E-state index contributed by atoms with van der Waals surface area (Å²) in [4.78, 5) is 2.22. The van der Waals surface area contributed by atoms with Crippen LogP contribution >= 0.6 is 0 Å². The molecule has 0 saturated heterocycles. The standard InChI is InChI=1S/C12H15F3N2/c13-12(14,15)11-8-10(6-7-16-11)17-9-4-2-1-3-5-9/h6-9H,1-5H2,(H,16,17)/p+1. The molecule has 2 rings (SSSR count). The largest absolute Gasteiger partial charge is 0.477 e. The third-order valence-electron chi connectivity index (χ3n) is 3.08. The maximum atomic E-state index is 12.5. The van der Waals surface area contributed by atoms with Gasteiger partial charge in [-0.25, -0.2) is 4.98 Å². The molecule has 0 spiro atoms. The second-order valence-electron chi connectivity index (χ2n) is 4.47. The van der Waals surface area contributed by atoms with Gasteiger partial charge in [0.2, 0.25) is 0 Å². The molecule has 2 N–H and O–H groups in total. The fraction of sp³-hybridized carbons (Fsp3) is 0.583. The highest BCUT2D eigenvalue weighted by Crippen LogP contribution is 2.28. The zero-order valence-corrected chi connectivity index (χ0v) is 9.48. The van der Waals surface area contributed by atoms with Gasteiger partial charge in [0.15, 0.2) is 6.20 Å². The number of alkyl halides is 3. The first kappa shape index (κ1) is 12.2. The van der Waals surface area contributed by atoms with E-state index >= 15 is 0 Å². The highest BCUT2D eigenvalue weighted by molar-refractivity contribution is 5.43. The van der Waals surface area contributed by atoms with Crippen LogP contribution in [0.2, 0.25) is 0 Å². The average molecular weight is 245 g/mol. The first-order chi connectivity index (χ1) is 8.05. The van der Waals surface area contributed by atoms with Crippen molar-refractivity contribution >= 4 is 5.69 Å².